The number of rotatable bonds is 7. The van der Waals surface area contributed by atoms with Gasteiger partial charge < -0.3 is 9.47 Å². The molecule has 1 fully saturated rings. The topological polar surface area (TPSA) is 55.8 Å². The van der Waals surface area contributed by atoms with E-state index in [1.165, 1.54) is 23.6 Å². The number of carbonyl (C=O) groups is 2. The molecule has 0 spiro atoms. The Hall–Kier alpha value is -3.13. The van der Waals surface area contributed by atoms with Crippen molar-refractivity contribution >= 4 is 63.4 Å². The lowest BCUT2D eigenvalue weighted by Gasteiger charge is -2.14. The SMILES string of the molecule is COc1cc(C=C2SC(=S)N(c3ccc(C(C)=O)cc3)C2=O)ccc1OCc1ccccc1Cl. The summed E-state index contributed by atoms with van der Waals surface area (Å²) in [6, 6.07) is 19.7. The Labute approximate surface area is 212 Å². The molecule has 1 amide bonds. The Morgan fingerprint density at radius 3 is 2.50 bits per heavy atom. The van der Waals surface area contributed by atoms with E-state index >= 15 is 0 Å². The van der Waals surface area contributed by atoms with Gasteiger partial charge in [0.05, 0.1) is 17.7 Å². The number of Topliss-reactive ketones (excluding diaryl/α,β-unsaturated/α-hetero) is 1. The molecule has 0 radical (unpaired) electrons. The van der Waals surface area contributed by atoms with Crippen LogP contribution in [0.25, 0.3) is 6.08 Å². The molecule has 8 heteroatoms. The molecule has 3 aromatic carbocycles. The summed E-state index contributed by atoms with van der Waals surface area (Å²) < 4.78 is 11.8. The summed E-state index contributed by atoms with van der Waals surface area (Å²) in [6.45, 7) is 1.80. The summed E-state index contributed by atoms with van der Waals surface area (Å²) in [5, 5.41) is 0.635. The largest absolute Gasteiger partial charge is 0.493 e. The number of amides is 1. The average Bonchev–Trinajstić information content (AvgIpc) is 3.11. The first-order chi connectivity index (χ1) is 16.4. The van der Waals surface area contributed by atoms with Gasteiger partial charge in [0.25, 0.3) is 5.91 Å². The van der Waals surface area contributed by atoms with Crippen LogP contribution in [-0.4, -0.2) is 23.1 Å². The zero-order chi connectivity index (χ0) is 24.2. The van der Waals surface area contributed by atoms with Crippen LogP contribution < -0.4 is 14.4 Å². The molecule has 1 aliphatic rings. The lowest BCUT2D eigenvalue weighted by Crippen LogP contribution is -2.27. The molecule has 0 aliphatic carbocycles. The van der Waals surface area contributed by atoms with Crippen LogP contribution in [-0.2, 0) is 11.4 Å². The number of thiocarbonyl (C=S) groups is 1. The Morgan fingerprint density at radius 2 is 1.82 bits per heavy atom. The molecular formula is C26H20ClNO4S2. The summed E-state index contributed by atoms with van der Waals surface area (Å²) in [4.78, 5) is 26.5. The fraction of sp³-hybridized carbons (Fsp3) is 0.115. The van der Waals surface area contributed by atoms with Gasteiger partial charge in [0.1, 0.15) is 6.61 Å². The fourth-order valence-corrected chi connectivity index (χ4v) is 4.84. The predicted octanol–water partition coefficient (Wildman–Crippen LogP) is 6.54. The van der Waals surface area contributed by atoms with Crippen LogP contribution in [0.4, 0.5) is 5.69 Å². The molecule has 1 heterocycles. The number of anilines is 1. The van der Waals surface area contributed by atoms with E-state index in [2.05, 4.69) is 0 Å². The number of carbonyl (C=O) groups excluding carboxylic acids is 2. The van der Waals surface area contributed by atoms with E-state index in [0.29, 0.717) is 43.6 Å². The van der Waals surface area contributed by atoms with Gasteiger partial charge in [0.15, 0.2) is 21.6 Å². The van der Waals surface area contributed by atoms with Crippen molar-refractivity contribution in [1.29, 1.82) is 0 Å². The quantitative estimate of drug-likeness (QED) is 0.205. The summed E-state index contributed by atoms with van der Waals surface area (Å²) in [7, 11) is 1.56. The van der Waals surface area contributed by atoms with E-state index in [9.17, 15) is 9.59 Å². The Bertz CT molecular complexity index is 1300. The monoisotopic (exact) mass is 509 g/mol. The van der Waals surface area contributed by atoms with Gasteiger partial charge in [0.2, 0.25) is 0 Å². The van der Waals surface area contributed by atoms with E-state index in [1.54, 1.807) is 49.6 Å². The van der Waals surface area contributed by atoms with Crippen molar-refractivity contribution in [3.63, 3.8) is 0 Å². The van der Waals surface area contributed by atoms with Crippen LogP contribution in [0, 0.1) is 0 Å². The van der Waals surface area contributed by atoms with Gasteiger partial charge in [-0.15, -0.1) is 0 Å². The molecule has 0 atom stereocenters. The van der Waals surface area contributed by atoms with Crippen molar-refractivity contribution in [3.05, 3.63) is 93.3 Å². The van der Waals surface area contributed by atoms with Crippen molar-refractivity contribution in [2.24, 2.45) is 0 Å². The Morgan fingerprint density at radius 1 is 1.09 bits per heavy atom. The Balaban J connectivity index is 1.53. The zero-order valence-corrected chi connectivity index (χ0v) is 20.8. The minimum Gasteiger partial charge on any atom is -0.493 e. The summed E-state index contributed by atoms with van der Waals surface area (Å²) in [5.74, 6) is 0.849. The van der Waals surface area contributed by atoms with Gasteiger partial charge in [-0.25, -0.2) is 0 Å². The van der Waals surface area contributed by atoms with Gasteiger partial charge in [-0.05, 0) is 61.0 Å². The normalized spacial score (nSPS) is 14.6. The average molecular weight is 510 g/mol. The second-order valence-corrected chi connectivity index (χ2v) is 9.49. The van der Waals surface area contributed by atoms with Crippen LogP contribution in [0.15, 0.2) is 71.6 Å². The van der Waals surface area contributed by atoms with Gasteiger partial charge in [-0.1, -0.05) is 59.8 Å². The van der Waals surface area contributed by atoms with Gasteiger partial charge >= 0.3 is 0 Å². The van der Waals surface area contributed by atoms with Crippen LogP contribution in [0.5, 0.6) is 11.5 Å². The number of nitrogens with zero attached hydrogens (tertiary/aromatic N) is 1. The maximum Gasteiger partial charge on any atom is 0.270 e. The standard InChI is InChI=1S/C26H20ClNO4S2/c1-16(29)18-8-10-20(11-9-18)28-25(30)24(34-26(28)33)14-17-7-12-22(23(13-17)31-2)32-15-19-5-3-4-6-21(19)27/h3-14H,15H2,1-2H3. The molecule has 0 saturated carbocycles. The number of ketones is 1. The number of hydrogen-bond acceptors (Lipinski definition) is 6. The lowest BCUT2D eigenvalue weighted by atomic mass is 10.1. The molecule has 0 bridgehead atoms. The number of ether oxygens (including phenoxy) is 2. The van der Waals surface area contributed by atoms with Crippen LogP contribution in [0.2, 0.25) is 5.02 Å². The molecule has 0 N–H and O–H groups in total. The third-order valence-corrected chi connectivity index (χ3v) is 6.82. The highest BCUT2D eigenvalue weighted by Crippen LogP contribution is 2.37. The first kappa shape index (κ1) is 24.0. The van der Waals surface area contributed by atoms with Gasteiger partial charge in [0, 0.05) is 16.1 Å². The highest BCUT2D eigenvalue weighted by atomic mass is 35.5. The molecule has 0 aromatic heterocycles. The van der Waals surface area contributed by atoms with E-state index in [-0.39, 0.29) is 11.7 Å². The number of halogens is 1. The van der Waals surface area contributed by atoms with Crippen molar-refractivity contribution in [3.8, 4) is 11.5 Å². The number of thioether (sulfide) groups is 1. The second-order valence-electron chi connectivity index (χ2n) is 7.41. The highest BCUT2D eigenvalue weighted by Gasteiger charge is 2.33. The maximum absolute atomic E-state index is 13.1. The molecule has 172 valence electrons. The van der Waals surface area contributed by atoms with Crippen molar-refractivity contribution in [2.45, 2.75) is 13.5 Å². The minimum absolute atomic E-state index is 0.0370. The molecule has 1 saturated heterocycles. The van der Waals surface area contributed by atoms with Crippen LogP contribution in [0.3, 0.4) is 0 Å². The lowest BCUT2D eigenvalue weighted by molar-refractivity contribution is -0.113. The fourth-order valence-electron chi connectivity index (χ4n) is 3.35. The molecule has 34 heavy (non-hydrogen) atoms. The second kappa shape index (κ2) is 10.4. The minimum atomic E-state index is -0.219. The molecule has 4 rings (SSSR count). The van der Waals surface area contributed by atoms with Crippen molar-refractivity contribution in [1.82, 2.24) is 0 Å². The van der Waals surface area contributed by atoms with Gasteiger partial charge in [-0.3, -0.25) is 14.5 Å². The summed E-state index contributed by atoms with van der Waals surface area (Å²) >= 11 is 12.9. The van der Waals surface area contributed by atoms with Crippen LogP contribution in [0.1, 0.15) is 28.4 Å². The van der Waals surface area contributed by atoms with E-state index in [1.807, 2.05) is 30.3 Å². The first-order valence-corrected chi connectivity index (χ1v) is 11.9. The van der Waals surface area contributed by atoms with E-state index < -0.39 is 0 Å². The first-order valence-electron chi connectivity index (χ1n) is 10.3. The number of hydrogen-bond donors (Lipinski definition) is 0. The summed E-state index contributed by atoms with van der Waals surface area (Å²) in [5.41, 5.74) is 2.84. The number of methoxy groups -OCH3 is 1. The predicted molar refractivity (Wildman–Crippen MR) is 141 cm³/mol. The van der Waals surface area contributed by atoms with E-state index in [0.717, 1.165) is 11.1 Å². The van der Waals surface area contributed by atoms with Gasteiger partial charge in [-0.2, -0.15) is 0 Å². The molecule has 0 unspecified atom stereocenters. The zero-order valence-electron chi connectivity index (χ0n) is 18.4. The molecule has 5 nitrogen and oxygen atoms in total. The maximum atomic E-state index is 13.1. The number of benzene rings is 3. The summed E-state index contributed by atoms with van der Waals surface area (Å²) in [6.07, 6.45) is 1.77. The third-order valence-electron chi connectivity index (χ3n) is 5.15. The van der Waals surface area contributed by atoms with Crippen molar-refractivity contribution in [2.75, 3.05) is 12.0 Å². The van der Waals surface area contributed by atoms with E-state index in [4.69, 9.17) is 33.3 Å². The molecule has 3 aromatic rings. The van der Waals surface area contributed by atoms with Crippen LogP contribution >= 0.6 is 35.6 Å². The third kappa shape index (κ3) is 5.17. The highest BCUT2D eigenvalue weighted by molar-refractivity contribution is 8.27. The van der Waals surface area contributed by atoms with Crippen molar-refractivity contribution < 1.29 is 19.1 Å². The smallest absolute Gasteiger partial charge is 0.270 e. The molecule has 1 aliphatic heterocycles. The Kier molecular flexibility index (Phi) is 7.36. The molecular weight excluding hydrogens is 490 g/mol.